The third-order valence-electron chi connectivity index (χ3n) is 2.78. The summed E-state index contributed by atoms with van der Waals surface area (Å²) in [5.41, 5.74) is 0.470. The molecule has 2 aromatic carbocycles. The molecule has 1 atom stereocenters. The number of benzene rings is 2. The summed E-state index contributed by atoms with van der Waals surface area (Å²) in [6.45, 7) is 1.62. The van der Waals surface area contributed by atoms with Gasteiger partial charge in [-0.1, -0.05) is 33.6 Å². The summed E-state index contributed by atoms with van der Waals surface area (Å²) in [6, 6.07) is 9.26. The maximum Gasteiger partial charge on any atom is 0.312 e. The zero-order chi connectivity index (χ0) is 15.6. The Balaban J connectivity index is 2.37. The largest absolute Gasteiger partial charge is 0.449 e. The van der Waals surface area contributed by atoms with E-state index in [9.17, 15) is 15.2 Å². The predicted molar refractivity (Wildman–Crippen MR) is 83.0 cm³/mol. The number of halogens is 2. The molecule has 0 aliphatic carbocycles. The first-order chi connectivity index (χ1) is 9.88. The topological polar surface area (TPSA) is 72.6 Å². The standard InChI is InChI=1S/C14H11BrClNO4/c1-8(18)9-2-4-13(11(16)6-9)21-14-5-3-10(15)7-12(14)17(19)20/h2-8,18H,1H3/t8-/m1/s1. The molecule has 0 bridgehead atoms. The molecule has 0 aliphatic rings. The van der Waals surface area contributed by atoms with E-state index in [1.54, 1.807) is 31.2 Å². The normalized spacial score (nSPS) is 12.0. The Morgan fingerprint density at radius 2 is 1.95 bits per heavy atom. The second-order valence-electron chi connectivity index (χ2n) is 4.34. The van der Waals surface area contributed by atoms with Crippen LogP contribution in [0.4, 0.5) is 5.69 Å². The number of nitro groups is 1. The van der Waals surface area contributed by atoms with Gasteiger partial charge in [-0.2, -0.15) is 0 Å². The van der Waals surface area contributed by atoms with Gasteiger partial charge in [-0.3, -0.25) is 10.1 Å². The number of hydrogen-bond donors (Lipinski definition) is 1. The van der Waals surface area contributed by atoms with Crippen LogP contribution < -0.4 is 4.74 Å². The fraction of sp³-hybridized carbons (Fsp3) is 0.143. The van der Waals surface area contributed by atoms with Crippen molar-refractivity contribution in [1.29, 1.82) is 0 Å². The van der Waals surface area contributed by atoms with Gasteiger partial charge in [-0.25, -0.2) is 0 Å². The molecule has 110 valence electrons. The quantitative estimate of drug-likeness (QED) is 0.614. The molecule has 2 aromatic rings. The summed E-state index contributed by atoms with van der Waals surface area (Å²) >= 11 is 9.25. The highest BCUT2D eigenvalue weighted by molar-refractivity contribution is 9.10. The molecule has 0 radical (unpaired) electrons. The zero-order valence-corrected chi connectivity index (χ0v) is 13.3. The van der Waals surface area contributed by atoms with Crippen LogP contribution in [0.2, 0.25) is 5.02 Å². The molecule has 0 heterocycles. The van der Waals surface area contributed by atoms with Crippen molar-refractivity contribution in [2.45, 2.75) is 13.0 Å². The second-order valence-corrected chi connectivity index (χ2v) is 5.66. The van der Waals surface area contributed by atoms with Crippen LogP contribution in [0.25, 0.3) is 0 Å². The summed E-state index contributed by atoms with van der Waals surface area (Å²) in [5.74, 6) is 0.376. The van der Waals surface area contributed by atoms with Crippen molar-refractivity contribution < 1.29 is 14.8 Å². The maximum absolute atomic E-state index is 11.0. The molecule has 0 aliphatic heterocycles. The van der Waals surface area contributed by atoms with E-state index in [2.05, 4.69) is 15.9 Å². The van der Waals surface area contributed by atoms with Gasteiger partial charge < -0.3 is 9.84 Å². The monoisotopic (exact) mass is 371 g/mol. The maximum atomic E-state index is 11.0. The number of rotatable bonds is 4. The number of hydrogen-bond acceptors (Lipinski definition) is 4. The van der Waals surface area contributed by atoms with Crippen LogP contribution in [0, 0.1) is 10.1 Å². The molecular formula is C14H11BrClNO4. The van der Waals surface area contributed by atoms with Crippen molar-refractivity contribution in [2.24, 2.45) is 0 Å². The molecule has 0 spiro atoms. The van der Waals surface area contributed by atoms with Crippen LogP contribution in [0.5, 0.6) is 11.5 Å². The van der Waals surface area contributed by atoms with Crippen LogP contribution >= 0.6 is 27.5 Å². The first kappa shape index (κ1) is 15.8. The minimum Gasteiger partial charge on any atom is -0.449 e. The van der Waals surface area contributed by atoms with E-state index < -0.39 is 11.0 Å². The van der Waals surface area contributed by atoms with Crippen molar-refractivity contribution in [3.05, 3.63) is 61.6 Å². The highest BCUT2D eigenvalue weighted by Crippen LogP contribution is 2.37. The van der Waals surface area contributed by atoms with Gasteiger partial charge in [0.25, 0.3) is 0 Å². The van der Waals surface area contributed by atoms with E-state index >= 15 is 0 Å². The fourth-order valence-electron chi connectivity index (χ4n) is 1.70. The Morgan fingerprint density at radius 3 is 2.52 bits per heavy atom. The van der Waals surface area contributed by atoms with Gasteiger partial charge in [0.2, 0.25) is 5.75 Å². The van der Waals surface area contributed by atoms with Gasteiger partial charge in [0.15, 0.2) is 0 Å². The molecule has 0 saturated heterocycles. The predicted octanol–water partition coefficient (Wildman–Crippen LogP) is 4.86. The summed E-state index contributed by atoms with van der Waals surface area (Å²) < 4.78 is 6.10. The molecule has 0 unspecified atom stereocenters. The molecule has 7 heteroatoms. The highest BCUT2D eigenvalue weighted by atomic mass is 79.9. The minimum atomic E-state index is -0.654. The molecule has 5 nitrogen and oxygen atoms in total. The first-order valence-electron chi connectivity index (χ1n) is 5.98. The van der Waals surface area contributed by atoms with Gasteiger partial charge in [-0.05, 0) is 36.8 Å². The molecular weight excluding hydrogens is 362 g/mol. The smallest absolute Gasteiger partial charge is 0.312 e. The average molecular weight is 373 g/mol. The number of aliphatic hydroxyl groups is 1. The molecule has 2 rings (SSSR count). The van der Waals surface area contributed by atoms with Crippen molar-refractivity contribution in [2.75, 3.05) is 0 Å². The lowest BCUT2D eigenvalue weighted by Crippen LogP contribution is -1.95. The Morgan fingerprint density at radius 1 is 1.29 bits per heavy atom. The zero-order valence-electron chi connectivity index (χ0n) is 10.9. The SMILES string of the molecule is C[C@@H](O)c1ccc(Oc2ccc(Br)cc2[N+](=O)[O-])c(Cl)c1. The Kier molecular flexibility index (Phi) is 4.82. The highest BCUT2D eigenvalue weighted by Gasteiger charge is 2.17. The van der Waals surface area contributed by atoms with Crippen molar-refractivity contribution >= 4 is 33.2 Å². The van der Waals surface area contributed by atoms with Crippen molar-refractivity contribution in [3.63, 3.8) is 0 Å². The van der Waals surface area contributed by atoms with Gasteiger partial charge in [0, 0.05) is 10.5 Å². The number of nitro benzene ring substituents is 1. The lowest BCUT2D eigenvalue weighted by atomic mass is 10.1. The molecule has 21 heavy (non-hydrogen) atoms. The van der Waals surface area contributed by atoms with Gasteiger partial charge in [0.05, 0.1) is 16.0 Å². The van der Waals surface area contributed by atoms with Crippen molar-refractivity contribution in [3.8, 4) is 11.5 Å². The van der Waals surface area contributed by atoms with Crippen LogP contribution in [-0.4, -0.2) is 10.0 Å². The fourth-order valence-corrected chi connectivity index (χ4v) is 2.27. The summed E-state index contributed by atoms with van der Waals surface area (Å²) in [7, 11) is 0. The van der Waals surface area contributed by atoms with Crippen LogP contribution in [-0.2, 0) is 0 Å². The van der Waals surface area contributed by atoms with E-state index in [1.807, 2.05) is 0 Å². The second kappa shape index (κ2) is 6.43. The molecule has 0 fully saturated rings. The number of nitrogens with zero attached hydrogens (tertiary/aromatic N) is 1. The lowest BCUT2D eigenvalue weighted by molar-refractivity contribution is -0.385. The van der Waals surface area contributed by atoms with Crippen LogP contribution in [0.3, 0.4) is 0 Å². The Bertz CT molecular complexity index is 691. The molecule has 0 amide bonds. The van der Waals surface area contributed by atoms with E-state index in [0.29, 0.717) is 10.0 Å². The average Bonchev–Trinajstić information content (AvgIpc) is 2.42. The first-order valence-corrected chi connectivity index (χ1v) is 7.15. The number of ether oxygens (including phenoxy) is 1. The third kappa shape index (κ3) is 3.72. The molecule has 0 saturated carbocycles. The van der Waals surface area contributed by atoms with E-state index in [1.165, 1.54) is 12.1 Å². The van der Waals surface area contributed by atoms with Gasteiger partial charge in [-0.15, -0.1) is 0 Å². The Hall–Kier alpha value is -1.63. The summed E-state index contributed by atoms with van der Waals surface area (Å²) in [6.07, 6.45) is -0.654. The molecule has 0 aromatic heterocycles. The van der Waals surface area contributed by atoms with Crippen molar-refractivity contribution in [1.82, 2.24) is 0 Å². The Labute approximate surface area is 134 Å². The van der Waals surface area contributed by atoms with Crippen LogP contribution in [0.1, 0.15) is 18.6 Å². The summed E-state index contributed by atoms with van der Waals surface area (Å²) in [5, 5.41) is 20.8. The van der Waals surface area contributed by atoms with E-state index in [4.69, 9.17) is 16.3 Å². The lowest BCUT2D eigenvalue weighted by Gasteiger charge is -2.11. The van der Waals surface area contributed by atoms with Gasteiger partial charge in [0.1, 0.15) is 5.75 Å². The molecule has 1 N–H and O–H groups in total. The van der Waals surface area contributed by atoms with E-state index in [-0.39, 0.29) is 22.2 Å². The number of aliphatic hydroxyl groups excluding tert-OH is 1. The minimum absolute atomic E-state index is 0.0925. The van der Waals surface area contributed by atoms with Gasteiger partial charge >= 0.3 is 5.69 Å². The van der Waals surface area contributed by atoms with Crippen LogP contribution in [0.15, 0.2) is 40.9 Å². The van der Waals surface area contributed by atoms with E-state index in [0.717, 1.165) is 0 Å². The third-order valence-corrected chi connectivity index (χ3v) is 3.56. The summed E-state index contributed by atoms with van der Waals surface area (Å²) in [4.78, 5) is 10.5.